The van der Waals surface area contributed by atoms with Crippen LogP contribution < -0.4 is 21.7 Å². The summed E-state index contributed by atoms with van der Waals surface area (Å²) in [7, 11) is 1.68. The maximum absolute atomic E-state index is 12.0. The number of nitrogens with zero attached hydrogens (tertiary/aromatic N) is 3. The highest BCUT2D eigenvalue weighted by Gasteiger charge is 2.29. The molecule has 0 atom stereocenters. The number of pyridine rings is 1. The van der Waals surface area contributed by atoms with Gasteiger partial charge in [-0.3, -0.25) is 9.78 Å². The molecule has 0 spiro atoms. The highest BCUT2D eigenvalue weighted by atomic mass is 16.5. The van der Waals surface area contributed by atoms with E-state index in [1.807, 2.05) is 36.4 Å². The topological polar surface area (TPSA) is 127 Å². The van der Waals surface area contributed by atoms with Crippen LogP contribution in [-0.4, -0.2) is 41.1 Å². The molecule has 5 N–H and O–H groups in total. The highest BCUT2D eigenvalue weighted by molar-refractivity contribution is 5.97. The van der Waals surface area contributed by atoms with Gasteiger partial charge in [0.05, 0.1) is 41.3 Å². The zero-order chi connectivity index (χ0) is 22.3. The summed E-state index contributed by atoms with van der Waals surface area (Å²) in [5, 5.41) is 9.33. The standard InChI is InChI=1S/C23H27N7O2/c1-32-11-10-25-13-17-5-6-18(14-27-17)28-23-26-9-8-20(30-23)16-4-7-21(19(24)12-16)29-22(31)15-2-3-15/h4-9,12,14-15,25H,2-3,10-11,13,24H2,1H3,(H,29,31)(H,26,28,30). The van der Waals surface area contributed by atoms with Crippen LogP contribution in [0.2, 0.25) is 0 Å². The first kappa shape index (κ1) is 21.7. The molecule has 1 saturated carbocycles. The molecular weight excluding hydrogens is 406 g/mol. The Morgan fingerprint density at radius 3 is 2.78 bits per heavy atom. The number of nitrogens with one attached hydrogen (secondary N) is 3. The first-order valence-electron chi connectivity index (χ1n) is 10.6. The van der Waals surface area contributed by atoms with Gasteiger partial charge in [-0.25, -0.2) is 9.97 Å². The summed E-state index contributed by atoms with van der Waals surface area (Å²) in [6.45, 7) is 2.11. The Balaban J connectivity index is 1.40. The predicted octanol–water partition coefficient (Wildman–Crippen LogP) is 2.95. The molecule has 2 aromatic heterocycles. The van der Waals surface area contributed by atoms with Gasteiger partial charge in [-0.1, -0.05) is 6.07 Å². The number of hydrogen-bond donors (Lipinski definition) is 4. The molecule has 0 aliphatic heterocycles. The Kier molecular flexibility index (Phi) is 6.88. The fourth-order valence-electron chi connectivity index (χ4n) is 3.12. The fraction of sp³-hybridized carbons (Fsp3) is 0.304. The van der Waals surface area contributed by atoms with Crippen molar-refractivity contribution in [2.24, 2.45) is 5.92 Å². The van der Waals surface area contributed by atoms with E-state index in [1.54, 1.807) is 19.5 Å². The zero-order valence-corrected chi connectivity index (χ0v) is 18.0. The van der Waals surface area contributed by atoms with E-state index >= 15 is 0 Å². The van der Waals surface area contributed by atoms with E-state index in [4.69, 9.17) is 10.5 Å². The smallest absolute Gasteiger partial charge is 0.227 e. The number of anilines is 4. The fourth-order valence-corrected chi connectivity index (χ4v) is 3.12. The van der Waals surface area contributed by atoms with Crippen molar-refractivity contribution >= 4 is 28.9 Å². The van der Waals surface area contributed by atoms with E-state index in [-0.39, 0.29) is 11.8 Å². The summed E-state index contributed by atoms with van der Waals surface area (Å²) in [5.74, 6) is 0.614. The van der Waals surface area contributed by atoms with Crippen molar-refractivity contribution in [3.63, 3.8) is 0 Å². The second kappa shape index (κ2) is 10.2. The van der Waals surface area contributed by atoms with E-state index in [0.717, 1.165) is 42.0 Å². The summed E-state index contributed by atoms with van der Waals surface area (Å²) >= 11 is 0. The van der Waals surface area contributed by atoms with Gasteiger partial charge in [0.15, 0.2) is 0 Å². The van der Waals surface area contributed by atoms with Crippen molar-refractivity contribution in [2.45, 2.75) is 19.4 Å². The number of methoxy groups -OCH3 is 1. The Morgan fingerprint density at radius 2 is 2.06 bits per heavy atom. The van der Waals surface area contributed by atoms with Crippen molar-refractivity contribution in [3.05, 3.63) is 54.5 Å². The normalized spacial score (nSPS) is 13.0. The molecule has 3 aromatic rings. The lowest BCUT2D eigenvalue weighted by Gasteiger charge is -2.11. The summed E-state index contributed by atoms with van der Waals surface area (Å²) in [4.78, 5) is 25.3. The van der Waals surface area contributed by atoms with Gasteiger partial charge in [0, 0.05) is 37.9 Å². The lowest BCUT2D eigenvalue weighted by molar-refractivity contribution is -0.117. The molecule has 4 rings (SSSR count). The monoisotopic (exact) mass is 433 g/mol. The highest BCUT2D eigenvalue weighted by Crippen LogP contribution is 2.32. The molecule has 0 unspecified atom stereocenters. The molecule has 2 heterocycles. The number of nitrogens with two attached hydrogens (primary N) is 1. The molecule has 1 amide bonds. The van der Waals surface area contributed by atoms with Crippen LogP contribution in [0.5, 0.6) is 0 Å². The molecule has 1 fully saturated rings. The van der Waals surface area contributed by atoms with Crippen LogP contribution >= 0.6 is 0 Å². The number of carbonyl (C=O) groups excluding carboxylic acids is 1. The second-order valence-corrected chi connectivity index (χ2v) is 7.66. The van der Waals surface area contributed by atoms with Crippen LogP contribution in [0.1, 0.15) is 18.5 Å². The van der Waals surface area contributed by atoms with Gasteiger partial charge < -0.3 is 26.4 Å². The molecule has 1 aliphatic carbocycles. The van der Waals surface area contributed by atoms with Crippen molar-refractivity contribution in [1.29, 1.82) is 0 Å². The molecule has 166 valence electrons. The maximum Gasteiger partial charge on any atom is 0.227 e. The second-order valence-electron chi connectivity index (χ2n) is 7.66. The molecular formula is C23H27N7O2. The Morgan fingerprint density at radius 1 is 1.19 bits per heavy atom. The largest absolute Gasteiger partial charge is 0.397 e. The predicted molar refractivity (Wildman–Crippen MR) is 124 cm³/mol. The molecule has 1 aromatic carbocycles. The average molecular weight is 434 g/mol. The van der Waals surface area contributed by atoms with Crippen molar-refractivity contribution in [1.82, 2.24) is 20.3 Å². The maximum atomic E-state index is 12.0. The van der Waals surface area contributed by atoms with E-state index < -0.39 is 0 Å². The van der Waals surface area contributed by atoms with E-state index in [0.29, 0.717) is 30.5 Å². The SMILES string of the molecule is COCCNCc1ccc(Nc2nccc(-c3ccc(NC(=O)C4CC4)c(N)c3)n2)cn1. The molecule has 0 bridgehead atoms. The third kappa shape index (κ3) is 5.77. The van der Waals surface area contributed by atoms with Crippen LogP contribution in [0, 0.1) is 5.92 Å². The zero-order valence-electron chi connectivity index (χ0n) is 18.0. The Labute approximate surface area is 186 Å². The number of nitrogen functional groups attached to an aromatic ring is 1. The number of carbonyl (C=O) groups is 1. The summed E-state index contributed by atoms with van der Waals surface area (Å²) in [6.07, 6.45) is 5.33. The lowest BCUT2D eigenvalue weighted by Crippen LogP contribution is -2.19. The van der Waals surface area contributed by atoms with Crippen molar-refractivity contribution in [3.8, 4) is 11.3 Å². The van der Waals surface area contributed by atoms with Crippen LogP contribution in [0.15, 0.2) is 48.8 Å². The number of rotatable bonds is 10. The van der Waals surface area contributed by atoms with Gasteiger partial charge in [-0.05, 0) is 43.2 Å². The Hall–Kier alpha value is -3.56. The minimum absolute atomic E-state index is 0.0309. The summed E-state index contributed by atoms with van der Waals surface area (Å²) in [6, 6.07) is 11.2. The van der Waals surface area contributed by atoms with Crippen molar-refractivity contribution in [2.75, 3.05) is 36.6 Å². The van der Waals surface area contributed by atoms with Gasteiger partial charge in [-0.15, -0.1) is 0 Å². The third-order valence-electron chi connectivity index (χ3n) is 5.08. The van der Waals surface area contributed by atoms with Gasteiger partial charge in [0.25, 0.3) is 0 Å². The quantitative estimate of drug-likeness (QED) is 0.284. The van der Waals surface area contributed by atoms with Gasteiger partial charge in [0.1, 0.15) is 0 Å². The van der Waals surface area contributed by atoms with Crippen molar-refractivity contribution < 1.29 is 9.53 Å². The van der Waals surface area contributed by atoms with E-state index in [2.05, 4.69) is 30.9 Å². The first-order chi connectivity index (χ1) is 15.6. The molecule has 9 nitrogen and oxygen atoms in total. The number of ether oxygens (including phenoxy) is 1. The third-order valence-corrected chi connectivity index (χ3v) is 5.08. The number of aromatic nitrogens is 3. The lowest BCUT2D eigenvalue weighted by atomic mass is 10.1. The molecule has 0 radical (unpaired) electrons. The number of benzene rings is 1. The number of amides is 1. The van der Waals surface area contributed by atoms with Crippen LogP contribution in [0.3, 0.4) is 0 Å². The first-order valence-corrected chi connectivity index (χ1v) is 10.6. The average Bonchev–Trinajstić information content (AvgIpc) is 3.65. The molecule has 0 saturated heterocycles. The summed E-state index contributed by atoms with van der Waals surface area (Å²) in [5.41, 5.74) is 10.6. The number of hydrogen-bond acceptors (Lipinski definition) is 8. The van der Waals surface area contributed by atoms with E-state index in [9.17, 15) is 4.79 Å². The van der Waals surface area contributed by atoms with E-state index in [1.165, 1.54) is 0 Å². The minimum atomic E-state index is 0.0309. The Bertz CT molecular complexity index is 1070. The molecule has 32 heavy (non-hydrogen) atoms. The molecule has 1 aliphatic rings. The molecule has 9 heteroatoms. The summed E-state index contributed by atoms with van der Waals surface area (Å²) < 4.78 is 5.01. The van der Waals surface area contributed by atoms with Gasteiger partial charge in [0.2, 0.25) is 11.9 Å². The van der Waals surface area contributed by atoms with Gasteiger partial charge in [-0.2, -0.15) is 0 Å². The van der Waals surface area contributed by atoms with Crippen LogP contribution in [-0.2, 0) is 16.1 Å². The van der Waals surface area contributed by atoms with Crippen LogP contribution in [0.4, 0.5) is 23.0 Å². The van der Waals surface area contributed by atoms with Crippen LogP contribution in [0.25, 0.3) is 11.3 Å². The minimum Gasteiger partial charge on any atom is -0.397 e. The van der Waals surface area contributed by atoms with Gasteiger partial charge >= 0.3 is 0 Å².